The molecule has 2 aromatic rings. The number of aryl methyl sites for hydroxylation is 2. The summed E-state index contributed by atoms with van der Waals surface area (Å²) in [6.07, 6.45) is 0. The van der Waals surface area contributed by atoms with Crippen LogP contribution in [0.3, 0.4) is 0 Å². The van der Waals surface area contributed by atoms with E-state index in [9.17, 15) is 4.79 Å². The van der Waals surface area contributed by atoms with Crippen LogP contribution in [0.4, 0.5) is 5.69 Å². The molecule has 0 radical (unpaired) electrons. The molecule has 0 aliphatic carbocycles. The van der Waals surface area contributed by atoms with Crippen molar-refractivity contribution < 1.29 is 4.79 Å². The molecule has 17 heavy (non-hydrogen) atoms. The summed E-state index contributed by atoms with van der Waals surface area (Å²) in [5.74, 6) is -0.0871. The molecule has 0 atom stereocenters. The summed E-state index contributed by atoms with van der Waals surface area (Å²) >= 11 is 4.82. The van der Waals surface area contributed by atoms with Gasteiger partial charge in [0, 0.05) is 5.38 Å². The van der Waals surface area contributed by atoms with Crippen LogP contribution in [-0.4, -0.2) is 10.9 Å². The van der Waals surface area contributed by atoms with Crippen molar-refractivity contribution in [3.8, 4) is 0 Å². The highest BCUT2D eigenvalue weighted by Gasteiger charge is 2.11. The molecule has 0 aromatic carbocycles. The molecule has 1 amide bonds. The van der Waals surface area contributed by atoms with Crippen LogP contribution in [0.2, 0.25) is 0 Å². The lowest BCUT2D eigenvalue weighted by Gasteiger charge is -2.07. The fourth-order valence-electron chi connectivity index (χ4n) is 1.45. The average Bonchev–Trinajstić information content (AvgIpc) is 2.68. The minimum atomic E-state index is -0.0871. The topological polar surface area (TPSA) is 42.0 Å². The predicted octanol–water partition coefficient (Wildman–Crippen LogP) is 3.77. The summed E-state index contributed by atoms with van der Waals surface area (Å²) in [4.78, 5) is 16.2. The minimum absolute atomic E-state index is 0.0871. The van der Waals surface area contributed by atoms with E-state index in [0.29, 0.717) is 0 Å². The maximum Gasteiger partial charge on any atom is 0.256 e. The first kappa shape index (κ1) is 12.3. The van der Waals surface area contributed by atoms with Gasteiger partial charge in [-0.1, -0.05) is 0 Å². The van der Waals surface area contributed by atoms with Crippen molar-refractivity contribution in [1.29, 1.82) is 0 Å². The van der Waals surface area contributed by atoms with Crippen molar-refractivity contribution in [1.82, 2.24) is 4.98 Å². The quantitative estimate of drug-likeness (QED) is 0.858. The van der Waals surface area contributed by atoms with E-state index in [-0.39, 0.29) is 5.91 Å². The molecule has 0 saturated carbocycles. The number of nitrogens with zero attached hydrogens (tertiary/aromatic N) is 1. The van der Waals surface area contributed by atoms with Crippen molar-refractivity contribution >= 4 is 38.9 Å². The fraction of sp³-hybridized carbons (Fsp3) is 0.167. The van der Waals surface area contributed by atoms with Gasteiger partial charge in [0.1, 0.15) is 4.60 Å². The van der Waals surface area contributed by atoms with Crippen molar-refractivity contribution in [3.63, 3.8) is 0 Å². The molecule has 2 rings (SSSR count). The van der Waals surface area contributed by atoms with Gasteiger partial charge in [-0.05, 0) is 52.9 Å². The Hall–Kier alpha value is -1.20. The van der Waals surface area contributed by atoms with Crippen LogP contribution in [0, 0.1) is 13.8 Å². The van der Waals surface area contributed by atoms with Gasteiger partial charge in [0.05, 0.1) is 16.9 Å². The Bertz CT molecular complexity index is 565. The van der Waals surface area contributed by atoms with E-state index in [2.05, 4.69) is 26.2 Å². The van der Waals surface area contributed by atoms with Crippen molar-refractivity contribution in [2.45, 2.75) is 13.8 Å². The first-order valence-electron chi connectivity index (χ1n) is 5.05. The number of aromatic nitrogens is 1. The van der Waals surface area contributed by atoms with Gasteiger partial charge in [-0.2, -0.15) is 11.3 Å². The number of halogens is 1. The third-order valence-electron chi connectivity index (χ3n) is 2.40. The van der Waals surface area contributed by atoms with Crippen molar-refractivity contribution in [2.24, 2.45) is 0 Å². The third kappa shape index (κ3) is 2.73. The predicted molar refractivity (Wildman–Crippen MR) is 73.7 cm³/mol. The molecule has 88 valence electrons. The van der Waals surface area contributed by atoms with Gasteiger partial charge >= 0.3 is 0 Å². The molecule has 0 aliphatic rings. The van der Waals surface area contributed by atoms with E-state index in [1.807, 2.05) is 36.7 Å². The zero-order valence-corrected chi connectivity index (χ0v) is 11.9. The molecule has 2 heterocycles. The number of hydrogen-bond donors (Lipinski definition) is 1. The number of rotatable bonds is 2. The number of carbonyl (C=O) groups is 1. The molecule has 0 aliphatic heterocycles. The van der Waals surface area contributed by atoms with E-state index in [1.165, 1.54) is 11.3 Å². The third-order valence-corrected chi connectivity index (χ3v) is 3.70. The zero-order chi connectivity index (χ0) is 12.4. The number of carbonyl (C=O) groups excluding carboxylic acids is 1. The van der Waals surface area contributed by atoms with E-state index in [1.54, 1.807) is 0 Å². The highest BCUT2D eigenvalue weighted by molar-refractivity contribution is 9.10. The molecular formula is C12H11BrN2OS. The van der Waals surface area contributed by atoms with Crippen LogP contribution < -0.4 is 5.32 Å². The molecule has 1 N–H and O–H groups in total. The Morgan fingerprint density at radius 1 is 1.35 bits per heavy atom. The van der Waals surface area contributed by atoms with Crippen LogP contribution in [0.1, 0.15) is 21.6 Å². The highest BCUT2D eigenvalue weighted by atomic mass is 79.9. The largest absolute Gasteiger partial charge is 0.320 e. The van der Waals surface area contributed by atoms with Gasteiger partial charge in [0.15, 0.2) is 0 Å². The Morgan fingerprint density at radius 3 is 2.71 bits per heavy atom. The van der Waals surface area contributed by atoms with Crippen molar-refractivity contribution in [3.05, 3.63) is 44.3 Å². The molecule has 0 saturated heterocycles. The lowest BCUT2D eigenvalue weighted by atomic mass is 10.2. The number of nitrogens with one attached hydrogen (secondary N) is 1. The first-order valence-corrected chi connectivity index (χ1v) is 6.79. The maximum absolute atomic E-state index is 12.0. The molecule has 0 spiro atoms. The minimum Gasteiger partial charge on any atom is -0.320 e. The van der Waals surface area contributed by atoms with E-state index < -0.39 is 0 Å². The van der Waals surface area contributed by atoms with E-state index in [4.69, 9.17) is 0 Å². The first-order chi connectivity index (χ1) is 8.08. The number of pyridine rings is 1. The molecule has 0 unspecified atom stereocenters. The number of thiophene rings is 1. The Labute approximate surface area is 112 Å². The molecule has 0 bridgehead atoms. The van der Waals surface area contributed by atoms with Crippen molar-refractivity contribution in [2.75, 3.05) is 5.32 Å². The van der Waals surface area contributed by atoms with Crippen LogP contribution >= 0.6 is 27.3 Å². The maximum atomic E-state index is 12.0. The molecule has 2 aromatic heterocycles. The summed E-state index contributed by atoms with van der Waals surface area (Å²) in [5.41, 5.74) is 3.25. The molecular weight excluding hydrogens is 300 g/mol. The summed E-state index contributed by atoms with van der Waals surface area (Å²) in [5, 5.41) is 6.68. The molecule has 3 nitrogen and oxygen atoms in total. The lowest BCUT2D eigenvalue weighted by molar-refractivity contribution is 0.102. The summed E-state index contributed by atoms with van der Waals surface area (Å²) in [6.45, 7) is 3.79. The normalized spacial score (nSPS) is 10.3. The second kappa shape index (κ2) is 4.98. The summed E-state index contributed by atoms with van der Waals surface area (Å²) in [6, 6.07) is 3.65. The standard InChI is InChI=1S/C12H11BrN2OS/c1-7-5-17-6-9(7)12(16)15-10-3-4-11(13)14-8(10)2/h3-6H,1-2H3,(H,15,16). The second-order valence-corrected chi connectivity index (χ2v) is 5.25. The van der Waals surface area contributed by atoms with Gasteiger partial charge in [0.2, 0.25) is 0 Å². The molecule has 0 fully saturated rings. The number of amides is 1. The van der Waals surface area contributed by atoms with Crippen LogP contribution in [0.25, 0.3) is 0 Å². The van der Waals surface area contributed by atoms with E-state index in [0.717, 1.165) is 27.1 Å². The second-order valence-electron chi connectivity index (χ2n) is 3.69. The van der Waals surface area contributed by atoms with Gasteiger partial charge in [-0.3, -0.25) is 4.79 Å². The van der Waals surface area contributed by atoms with Gasteiger partial charge < -0.3 is 5.32 Å². The number of anilines is 1. The SMILES string of the molecule is Cc1cscc1C(=O)Nc1ccc(Br)nc1C. The van der Waals surface area contributed by atoms with Crippen LogP contribution in [-0.2, 0) is 0 Å². The fourth-order valence-corrected chi connectivity index (χ4v) is 2.67. The zero-order valence-electron chi connectivity index (χ0n) is 9.45. The Balaban J connectivity index is 2.22. The van der Waals surface area contributed by atoms with Gasteiger partial charge in [-0.25, -0.2) is 4.98 Å². The monoisotopic (exact) mass is 310 g/mol. The highest BCUT2D eigenvalue weighted by Crippen LogP contribution is 2.19. The summed E-state index contributed by atoms with van der Waals surface area (Å²) < 4.78 is 0.764. The van der Waals surface area contributed by atoms with Crippen LogP contribution in [0.15, 0.2) is 27.5 Å². The molecule has 5 heteroatoms. The van der Waals surface area contributed by atoms with Gasteiger partial charge in [0.25, 0.3) is 5.91 Å². The average molecular weight is 311 g/mol. The van der Waals surface area contributed by atoms with Crippen LogP contribution in [0.5, 0.6) is 0 Å². The number of hydrogen-bond acceptors (Lipinski definition) is 3. The van der Waals surface area contributed by atoms with E-state index >= 15 is 0 Å². The van der Waals surface area contributed by atoms with Gasteiger partial charge in [-0.15, -0.1) is 0 Å². The lowest BCUT2D eigenvalue weighted by Crippen LogP contribution is -2.13. The Morgan fingerprint density at radius 2 is 2.12 bits per heavy atom. The Kier molecular flexibility index (Phi) is 3.59. The summed E-state index contributed by atoms with van der Waals surface area (Å²) in [7, 11) is 0. The smallest absolute Gasteiger partial charge is 0.256 e.